The Kier molecular flexibility index (Phi) is 4.29. The number of hydrogen-bond donors (Lipinski definition) is 1. The number of halogens is 1. The molecule has 0 aliphatic heterocycles. The summed E-state index contributed by atoms with van der Waals surface area (Å²) >= 11 is 3.38. The van der Waals surface area contributed by atoms with Crippen LogP contribution in [0.15, 0.2) is 84.0 Å². The fourth-order valence-corrected chi connectivity index (χ4v) is 3.56. The van der Waals surface area contributed by atoms with Crippen LogP contribution in [-0.4, -0.2) is 29.7 Å². The van der Waals surface area contributed by atoms with Crippen molar-refractivity contribution >= 4 is 21.6 Å². The van der Waals surface area contributed by atoms with E-state index in [0.29, 0.717) is 5.65 Å². The number of fused-ring (bicyclic) bond motifs is 1. The van der Waals surface area contributed by atoms with Crippen molar-refractivity contribution in [3.8, 4) is 39.4 Å². The van der Waals surface area contributed by atoms with E-state index < -0.39 is 0 Å². The average Bonchev–Trinajstić information content (AvgIpc) is 3.15. The van der Waals surface area contributed by atoms with Crippen LogP contribution >= 0.6 is 15.9 Å². The standard InChI is InChI=1S/C22H14BrN5O/c23-19-5-4-16(13-26-19)18-8-11-25-22-20(15-2-1-3-17(29)12-15)21(27-28(18)22)14-6-9-24-10-7-14/h1-13,29H. The molecule has 0 spiro atoms. The second-order valence-corrected chi connectivity index (χ2v) is 7.26. The first kappa shape index (κ1) is 17.5. The van der Waals surface area contributed by atoms with Gasteiger partial charge in [-0.2, -0.15) is 5.10 Å². The Morgan fingerprint density at radius 3 is 2.45 bits per heavy atom. The Morgan fingerprint density at radius 1 is 0.828 bits per heavy atom. The van der Waals surface area contributed by atoms with E-state index in [1.54, 1.807) is 36.9 Å². The lowest BCUT2D eigenvalue weighted by Crippen LogP contribution is -1.96. The fourth-order valence-electron chi connectivity index (χ4n) is 3.33. The van der Waals surface area contributed by atoms with Gasteiger partial charge in [-0.15, -0.1) is 0 Å². The maximum Gasteiger partial charge on any atom is 0.164 e. The third kappa shape index (κ3) is 3.15. The molecule has 0 atom stereocenters. The smallest absolute Gasteiger partial charge is 0.164 e. The van der Waals surface area contributed by atoms with E-state index in [-0.39, 0.29) is 5.75 Å². The second kappa shape index (κ2) is 7.10. The Morgan fingerprint density at radius 2 is 1.69 bits per heavy atom. The predicted molar refractivity (Wildman–Crippen MR) is 114 cm³/mol. The molecule has 5 rings (SSSR count). The maximum atomic E-state index is 10.0. The number of hydrogen-bond acceptors (Lipinski definition) is 5. The van der Waals surface area contributed by atoms with Gasteiger partial charge >= 0.3 is 0 Å². The predicted octanol–water partition coefficient (Wildman–Crippen LogP) is 4.99. The van der Waals surface area contributed by atoms with Crippen LogP contribution in [0.2, 0.25) is 0 Å². The molecule has 0 radical (unpaired) electrons. The zero-order valence-corrected chi connectivity index (χ0v) is 16.7. The first-order valence-corrected chi connectivity index (χ1v) is 9.69. The van der Waals surface area contributed by atoms with Gasteiger partial charge in [-0.05, 0) is 64.0 Å². The Hall–Kier alpha value is -3.58. The van der Waals surface area contributed by atoms with Crippen molar-refractivity contribution in [3.05, 3.63) is 84.0 Å². The van der Waals surface area contributed by atoms with Crippen molar-refractivity contribution in [1.82, 2.24) is 24.6 Å². The van der Waals surface area contributed by atoms with Gasteiger partial charge in [0.05, 0.1) is 11.3 Å². The minimum absolute atomic E-state index is 0.191. The molecule has 0 saturated carbocycles. The Labute approximate surface area is 174 Å². The van der Waals surface area contributed by atoms with Gasteiger partial charge in [-0.3, -0.25) is 4.98 Å². The highest BCUT2D eigenvalue weighted by atomic mass is 79.9. The van der Waals surface area contributed by atoms with Gasteiger partial charge in [0.2, 0.25) is 0 Å². The van der Waals surface area contributed by atoms with E-state index >= 15 is 0 Å². The molecule has 0 unspecified atom stereocenters. The number of phenols is 1. The summed E-state index contributed by atoms with van der Waals surface area (Å²) in [5.74, 6) is 0.191. The summed E-state index contributed by atoms with van der Waals surface area (Å²) in [5.41, 5.74) is 5.86. The van der Waals surface area contributed by atoms with Gasteiger partial charge in [0.15, 0.2) is 5.65 Å². The highest BCUT2D eigenvalue weighted by Crippen LogP contribution is 2.36. The fraction of sp³-hybridized carbons (Fsp3) is 0. The molecule has 6 nitrogen and oxygen atoms in total. The van der Waals surface area contributed by atoms with Crippen LogP contribution in [0.4, 0.5) is 0 Å². The summed E-state index contributed by atoms with van der Waals surface area (Å²) in [7, 11) is 0. The molecule has 0 aliphatic rings. The van der Waals surface area contributed by atoms with Gasteiger partial charge in [-0.25, -0.2) is 14.5 Å². The van der Waals surface area contributed by atoms with Gasteiger partial charge in [0.1, 0.15) is 16.0 Å². The monoisotopic (exact) mass is 443 g/mol. The van der Waals surface area contributed by atoms with Crippen molar-refractivity contribution in [3.63, 3.8) is 0 Å². The zero-order valence-electron chi connectivity index (χ0n) is 15.1. The number of rotatable bonds is 3. The molecule has 4 aromatic heterocycles. The number of nitrogens with zero attached hydrogens (tertiary/aromatic N) is 5. The highest BCUT2D eigenvalue weighted by molar-refractivity contribution is 9.10. The van der Waals surface area contributed by atoms with Crippen molar-refractivity contribution in [2.75, 3.05) is 0 Å². The number of aromatic hydroxyl groups is 1. The normalized spacial score (nSPS) is 11.1. The topological polar surface area (TPSA) is 76.2 Å². The lowest BCUT2D eigenvalue weighted by atomic mass is 10.0. The van der Waals surface area contributed by atoms with E-state index in [0.717, 1.165) is 38.2 Å². The molecule has 0 saturated heterocycles. The van der Waals surface area contributed by atoms with Gasteiger partial charge in [0, 0.05) is 35.9 Å². The van der Waals surface area contributed by atoms with Crippen molar-refractivity contribution in [1.29, 1.82) is 0 Å². The third-order valence-electron chi connectivity index (χ3n) is 4.63. The molecular weight excluding hydrogens is 430 g/mol. The number of aromatic nitrogens is 5. The van der Waals surface area contributed by atoms with Gasteiger partial charge in [0.25, 0.3) is 0 Å². The molecule has 0 bridgehead atoms. The van der Waals surface area contributed by atoms with Crippen molar-refractivity contribution in [2.24, 2.45) is 0 Å². The van der Waals surface area contributed by atoms with Crippen LogP contribution in [0.1, 0.15) is 0 Å². The minimum atomic E-state index is 0.191. The summed E-state index contributed by atoms with van der Waals surface area (Å²) in [5, 5.41) is 14.9. The minimum Gasteiger partial charge on any atom is -0.508 e. The SMILES string of the molecule is Oc1cccc(-c2c(-c3ccncc3)nn3c(-c4ccc(Br)nc4)ccnc23)c1. The Bertz CT molecular complexity index is 1320. The highest BCUT2D eigenvalue weighted by Gasteiger charge is 2.20. The summed E-state index contributed by atoms with van der Waals surface area (Å²) in [6.45, 7) is 0. The molecule has 0 aliphatic carbocycles. The summed E-state index contributed by atoms with van der Waals surface area (Å²) in [6, 6.07) is 16.7. The Balaban J connectivity index is 1.84. The van der Waals surface area contributed by atoms with E-state index in [4.69, 9.17) is 5.10 Å². The number of pyridine rings is 2. The van der Waals surface area contributed by atoms with Gasteiger partial charge < -0.3 is 5.11 Å². The molecule has 4 heterocycles. The lowest BCUT2D eigenvalue weighted by molar-refractivity contribution is 0.475. The maximum absolute atomic E-state index is 10.0. The van der Waals surface area contributed by atoms with Crippen molar-refractivity contribution < 1.29 is 5.11 Å². The molecule has 5 aromatic rings. The van der Waals surface area contributed by atoms with Crippen LogP contribution in [-0.2, 0) is 0 Å². The lowest BCUT2D eigenvalue weighted by Gasteiger charge is -2.05. The summed E-state index contributed by atoms with van der Waals surface area (Å²) in [6.07, 6.45) is 7.02. The molecule has 7 heteroatoms. The van der Waals surface area contributed by atoms with Crippen LogP contribution < -0.4 is 0 Å². The summed E-state index contributed by atoms with van der Waals surface area (Å²) in [4.78, 5) is 13.1. The zero-order chi connectivity index (χ0) is 19.8. The van der Waals surface area contributed by atoms with E-state index in [1.165, 1.54) is 0 Å². The van der Waals surface area contributed by atoms with Crippen LogP contribution in [0.3, 0.4) is 0 Å². The first-order chi connectivity index (χ1) is 14.2. The molecular formula is C22H14BrN5O. The molecule has 1 N–H and O–H groups in total. The average molecular weight is 444 g/mol. The third-order valence-corrected chi connectivity index (χ3v) is 5.10. The van der Waals surface area contributed by atoms with Crippen LogP contribution in [0.5, 0.6) is 5.75 Å². The summed E-state index contributed by atoms with van der Waals surface area (Å²) < 4.78 is 2.59. The van der Waals surface area contributed by atoms with Crippen LogP contribution in [0, 0.1) is 0 Å². The second-order valence-electron chi connectivity index (χ2n) is 6.44. The van der Waals surface area contributed by atoms with Crippen molar-refractivity contribution in [2.45, 2.75) is 0 Å². The first-order valence-electron chi connectivity index (χ1n) is 8.90. The van der Waals surface area contributed by atoms with E-state index in [1.807, 2.05) is 47.0 Å². The quantitative estimate of drug-likeness (QED) is 0.397. The number of benzene rings is 1. The van der Waals surface area contributed by atoms with Gasteiger partial charge in [-0.1, -0.05) is 12.1 Å². The van der Waals surface area contributed by atoms with E-state index in [9.17, 15) is 5.11 Å². The molecule has 140 valence electrons. The molecule has 1 aromatic carbocycles. The molecule has 0 fully saturated rings. The molecule has 29 heavy (non-hydrogen) atoms. The van der Waals surface area contributed by atoms with Crippen LogP contribution in [0.25, 0.3) is 39.3 Å². The number of phenolic OH excluding ortho intramolecular Hbond substituents is 1. The largest absolute Gasteiger partial charge is 0.508 e. The van der Waals surface area contributed by atoms with E-state index in [2.05, 4.69) is 30.9 Å². The molecule has 0 amide bonds.